The summed E-state index contributed by atoms with van der Waals surface area (Å²) in [6.45, 7) is 0. The predicted molar refractivity (Wildman–Crippen MR) is 86.8 cm³/mol. The summed E-state index contributed by atoms with van der Waals surface area (Å²) in [5.41, 5.74) is 1.94. The molecule has 2 saturated heterocycles. The fourth-order valence-corrected chi connectivity index (χ4v) is 3.61. The Hall–Kier alpha value is -2.62. The third-order valence-corrected chi connectivity index (χ3v) is 4.89. The van der Waals surface area contributed by atoms with Crippen LogP contribution >= 0.6 is 0 Å². The Kier molecular flexibility index (Phi) is 3.81. The fraction of sp³-hybridized carbons (Fsp3) is 0.300. The van der Waals surface area contributed by atoms with Crippen molar-refractivity contribution in [2.24, 2.45) is 11.8 Å². The molecule has 2 aromatic carbocycles. The quantitative estimate of drug-likeness (QED) is 0.810. The van der Waals surface area contributed by atoms with E-state index in [9.17, 15) is 9.59 Å². The number of rotatable bonds is 3. The van der Waals surface area contributed by atoms with Crippen molar-refractivity contribution in [1.82, 2.24) is 0 Å². The minimum Gasteiger partial charge on any atom is -0.457 e. The zero-order chi connectivity index (χ0) is 16.5. The molecule has 0 amide bonds. The van der Waals surface area contributed by atoms with E-state index < -0.39 is 11.8 Å². The molecule has 4 nitrogen and oxygen atoms in total. The Labute approximate surface area is 140 Å². The number of carbonyl (C=O) groups is 2. The van der Waals surface area contributed by atoms with Crippen molar-refractivity contribution in [1.29, 1.82) is 0 Å². The fourth-order valence-electron chi connectivity index (χ4n) is 3.61. The molecular weight excluding hydrogens is 304 g/mol. The molecule has 2 aliphatic rings. The standard InChI is InChI=1S/C20H18O4/c21-19-15(11-17(23-19)13-7-3-1-4-8-13)16-12-18(24-20(16)22)14-9-5-2-6-10-14/h1-10,15-18H,11-12H2. The van der Waals surface area contributed by atoms with Crippen LogP contribution in [0.1, 0.15) is 36.2 Å². The third kappa shape index (κ3) is 2.68. The van der Waals surface area contributed by atoms with Gasteiger partial charge in [-0.1, -0.05) is 60.7 Å². The van der Waals surface area contributed by atoms with E-state index in [0.717, 1.165) is 11.1 Å². The van der Waals surface area contributed by atoms with E-state index >= 15 is 0 Å². The van der Waals surface area contributed by atoms with Gasteiger partial charge in [-0.15, -0.1) is 0 Å². The summed E-state index contributed by atoms with van der Waals surface area (Å²) in [6.07, 6.45) is 0.522. The maximum absolute atomic E-state index is 12.3. The molecule has 4 atom stereocenters. The van der Waals surface area contributed by atoms with Crippen molar-refractivity contribution < 1.29 is 19.1 Å². The number of hydrogen-bond donors (Lipinski definition) is 0. The van der Waals surface area contributed by atoms with Gasteiger partial charge in [0, 0.05) is 12.8 Å². The van der Waals surface area contributed by atoms with Crippen molar-refractivity contribution in [2.45, 2.75) is 25.0 Å². The number of cyclic esters (lactones) is 2. The molecule has 24 heavy (non-hydrogen) atoms. The molecule has 0 saturated carbocycles. The number of ether oxygens (including phenoxy) is 2. The van der Waals surface area contributed by atoms with Crippen LogP contribution in [0.15, 0.2) is 60.7 Å². The zero-order valence-corrected chi connectivity index (χ0v) is 13.1. The van der Waals surface area contributed by atoms with Gasteiger partial charge in [0.25, 0.3) is 0 Å². The monoisotopic (exact) mass is 322 g/mol. The lowest BCUT2D eigenvalue weighted by Crippen LogP contribution is -2.23. The molecule has 2 fully saturated rings. The number of benzene rings is 2. The van der Waals surface area contributed by atoms with Gasteiger partial charge in [0.2, 0.25) is 0 Å². The second-order valence-electron chi connectivity index (χ2n) is 6.36. The van der Waals surface area contributed by atoms with Gasteiger partial charge in [0.05, 0.1) is 11.8 Å². The highest BCUT2D eigenvalue weighted by Gasteiger charge is 2.48. The van der Waals surface area contributed by atoms with E-state index in [2.05, 4.69) is 0 Å². The summed E-state index contributed by atoms with van der Waals surface area (Å²) >= 11 is 0. The molecule has 0 radical (unpaired) electrons. The van der Waals surface area contributed by atoms with Crippen LogP contribution < -0.4 is 0 Å². The molecule has 0 bridgehead atoms. The summed E-state index contributed by atoms with van der Waals surface area (Å²) in [7, 11) is 0. The highest BCUT2D eigenvalue weighted by atomic mass is 16.6. The lowest BCUT2D eigenvalue weighted by molar-refractivity contribution is -0.152. The first-order valence-corrected chi connectivity index (χ1v) is 8.23. The molecule has 2 aliphatic heterocycles. The van der Waals surface area contributed by atoms with Gasteiger partial charge < -0.3 is 9.47 Å². The Bertz CT molecular complexity index is 675. The van der Waals surface area contributed by atoms with Crippen molar-refractivity contribution in [3.63, 3.8) is 0 Å². The smallest absolute Gasteiger partial charge is 0.310 e. The predicted octanol–water partition coefficient (Wildman–Crippen LogP) is 3.60. The Morgan fingerprint density at radius 2 is 1.00 bits per heavy atom. The first kappa shape index (κ1) is 14.9. The maximum atomic E-state index is 12.3. The van der Waals surface area contributed by atoms with Gasteiger partial charge in [-0.2, -0.15) is 0 Å². The third-order valence-electron chi connectivity index (χ3n) is 4.89. The molecule has 0 aliphatic carbocycles. The van der Waals surface area contributed by atoms with E-state index in [1.54, 1.807) is 0 Å². The van der Waals surface area contributed by atoms with Crippen LogP contribution in [0.2, 0.25) is 0 Å². The van der Waals surface area contributed by atoms with E-state index in [0.29, 0.717) is 12.8 Å². The van der Waals surface area contributed by atoms with Gasteiger partial charge in [0.15, 0.2) is 0 Å². The van der Waals surface area contributed by atoms with Gasteiger partial charge in [-0.25, -0.2) is 0 Å². The summed E-state index contributed by atoms with van der Waals surface area (Å²) in [4.78, 5) is 24.6. The van der Waals surface area contributed by atoms with Gasteiger partial charge in [0.1, 0.15) is 12.2 Å². The van der Waals surface area contributed by atoms with Crippen LogP contribution in [-0.2, 0) is 19.1 Å². The van der Waals surface area contributed by atoms with Crippen LogP contribution in [0.5, 0.6) is 0 Å². The summed E-state index contributed by atoms with van der Waals surface area (Å²) in [5.74, 6) is -1.42. The Morgan fingerprint density at radius 1 is 0.625 bits per heavy atom. The van der Waals surface area contributed by atoms with Crippen LogP contribution in [-0.4, -0.2) is 11.9 Å². The molecule has 4 heteroatoms. The average Bonchev–Trinajstić information content (AvgIpc) is 3.19. The lowest BCUT2D eigenvalue weighted by Gasteiger charge is -2.10. The van der Waals surface area contributed by atoms with Crippen molar-refractivity contribution in [3.05, 3.63) is 71.8 Å². The van der Waals surface area contributed by atoms with Crippen LogP contribution in [0.4, 0.5) is 0 Å². The molecule has 0 N–H and O–H groups in total. The van der Waals surface area contributed by atoms with E-state index in [1.165, 1.54) is 0 Å². The highest BCUT2D eigenvalue weighted by Crippen LogP contribution is 2.44. The van der Waals surface area contributed by atoms with E-state index in [4.69, 9.17) is 9.47 Å². The maximum Gasteiger partial charge on any atom is 0.310 e. The van der Waals surface area contributed by atoms with Gasteiger partial charge in [-0.3, -0.25) is 9.59 Å². The summed E-state index contributed by atoms with van der Waals surface area (Å²) in [5, 5.41) is 0. The van der Waals surface area contributed by atoms with Crippen LogP contribution in [0.3, 0.4) is 0 Å². The van der Waals surface area contributed by atoms with Gasteiger partial charge >= 0.3 is 11.9 Å². The minimum atomic E-state index is -0.420. The number of carbonyl (C=O) groups excluding carboxylic acids is 2. The van der Waals surface area contributed by atoms with Crippen molar-refractivity contribution in [3.8, 4) is 0 Å². The SMILES string of the molecule is O=C1OC(c2ccccc2)CC1C1CC(c2ccccc2)OC1=O. The molecule has 0 aromatic heterocycles. The van der Waals surface area contributed by atoms with Crippen molar-refractivity contribution >= 4 is 11.9 Å². The second kappa shape index (κ2) is 6.11. The number of hydrogen-bond acceptors (Lipinski definition) is 4. The van der Waals surface area contributed by atoms with E-state index in [-0.39, 0.29) is 24.1 Å². The van der Waals surface area contributed by atoms with Crippen LogP contribution in [0.25, 0.3) is 0 Å². The lowest BCUT2D eigenvalue weighted by atomic mass is 9.85. The highest BCUT2D eigenvalue weighted by molar-refractivity contribution is 5.84. The second-order valence-corrected chi connectivity index (χ2v) is 6.36. The van der Waals surface area contributed by atoms with E-state index in [1.807, 2.05) is 60.7 Å². The topological polar surface area (TPSA) is 52.6 Å². The largest absolute Gasteiger partial charge is 0.457 e. The minimum absolute atomic E-state index is 0.271. The molecule has 2 heterocycles. The first-order valence-electron chi connectivity index (χ1n) is 8.23. The summed E-state index contributed by atoms with van der Waals surface area (Å²) < 4.78 is 11.0. The Morgan fingerprint density at radius 3 is 1.38 bits per heavy atom. The number of esters is 2. The van der Waals surface area contributed by atoms with Crippen molar-refractivity contribution in [2.75, 3.05) is 0 Å². The molecule has 122 valence electrons. The molecular formula is C20H18O4. The molecule has 0 spiro atoms. The molecule has 4 rings (SSSR count). The zero-order valence-electron chi connectivity index (χ0n) is 13.1. The van der Waals surface area contributed by atoms with Crippen LogP contribution in [0, 0.1) is 11.8 Å². The summed E-state index contributed by atoms with van der Waals surface area (Å²) in [6, 6.07) is 19.3. The first-order chi connectivity index (χ1) is 11.7. The van der Waals surface area contributed by atoms with Gasteiger partial charge in [-0.05, 0) is 11.1 Å². The molecule has 2 aromatic rings. The Balaban J connectivity index is 1.50. The molecule has 4 unspecified atom stereocenters. The normalized spacial score (nSPS) is 29.3. The average molecular weight is 322 g/mol.